The van der Waals surface area contributed by atoms with Crippen LogP contribution in [0.2, 0.25) is 0 Å². The smallest absolute Gasteiger partial charge is 0.0233 e. The first-order chi connectivity index (χ1) is 9.74. The first-order valence-electron chi connectivity index (χ1n) is 7.30. The molecule has 2 aromatic rings. The SMILES string of the molecule is C=C(c1ccccc1)c1cccc(CN(CC)CC)c1. The van der Waals surface area contributed by atoms with Crippen LogP contribution in [-0.2, 0) is 6.54 Å². The maximum atomic E-state index is 4.24. The zero-order chi connectivity index (χ0) is 14.4. The molecule has 0 atom stereocenters. The van der Waals surface area contributed by atoms with E-state index in [-0.39, 0.29) is 0 Å². The fourth-order valence-electron chi connectivity index (χ4n) is 2.37. The quantitative estimate of drug-likeness (QED) is 0.738. The van der Waals surface area contributed by atoms with Gasteiger partial charge in [-0.3, -0.25) is 4.90 Å². The molecule has 0 heterocycles. The van der Waals surface area contributed by atoms with E-state index in [0.29, 0.717) is 0 Å². The van der Waals surface area contributed by atoms with Crippen LogP contribution in [0.15, 0.2) is 61.2 Å². The van der Waals surface area contributed by atoms with Crippen molar-refractivity contribution in [3.63, 3.8) is 0 Å². The molecule has 1 heteroatoms. The van der Waals surface area contributed by atoms with E-state index >= 15 is 0 Å². The Bertz CT molecular complexity index is 553. The highest BCUT2D eigenvalue weighted by atomic mass is 15.1. The van der Waals surface area contributed by atoms with E-state index in [1.54, 1.807) is 0 Å². The van der Waals surface area contributed by atoms with Crippen molar-refractivity contribution in [2.75, 3.05) is 13.1 Å². The summed E-state index contributed by atoms with van der Waals surface area (Å²) < 4.78 is 0. The molecule has 104 valence electrons. The van der Waals surface area contributed by atoms with Crippen LogP contribution in [0.25, 0.3) is 5.57 Å². The normalized spacial score (nSPS) is 10.8. The zero-order valence-corrected chi connectivity index (χ0v) is 12.5. The third kappa shape index (κ3) is 3.58. The molecule has 0 spiro atoms. The largest absolute Gasteiger partial charge is 0.300 e. The van der Waals surface area contributed by atoms with Crippen molar-refractivity contribution in [2.24, 2.45) is 0 Å². The van der Waals surface area contributed by atoms with Crippen LogP contribution < -0.4 is 0 Å². The predicted octanol–water partition coefficient (Wildman–Crippen LogP) is 4.59. The Morgan fingerprint density at radius 3 is 2.20 bits per heavy atom. The Balaban J connectivity index is 2.19. The van der Waals surface area contributed by atoms with Crippen LogP contribution in [0, 0.1) is 0 Å². The van der Waals surface area contributed by atoms with Gasteiger partial charge in [-0.15, -0.1) is 0 Å². The first-order valence-corrected chi connectivity index (χ1v) is 7.30. The molecule has 0 N–H and O–H groups in total. The van der Waals surface area contributed by atoms with Gasteiger partial charge >= 0.3 is 0 Å². The summed E-state index contributed by atoms with van der Waals surface area (Å²) in [7, 11) is 0. The number of nitrogens with zero attached hydrogens (tertiary/aromatic N) is 1. The Kier molecular flexibility index (Phi) is 5.14. The maximum Gasteiger partial charge on any atom is 0.0233 e. The topological polar surface area (TPSA) is 3.24 Å². The molecule has 0 amide bonds. The summed E-state index contributed by atoms with van der Waals surface area (Å²) in [5.74, 6) is 0. The summed E-state index contributed by atoms with van der Waals surface area (Å²) in [6.45, 7) is 11.8. The minimum absolute atomic E-state index is 1.00. The Labute approximate surface area is 122 Å². The van der Waals surface area contributed by atoms with Gasteiger partial charge in [0.25, 0.3) is 0 Å². The molecule has 0 saturated carbocycles. The van der Waals surface area contributed by atoms with Gasteiger partial charge in [-0.2, -0.15) is 0 Å². The van der Waals surface area contributed by atoms with Crippen LogP contribution in [0.3, 0.4) is 0 Å². The van der Waals surface area contributed by atoms with E-state index in [4.69, 9.17) is 0 Å². The lowest BCUT2D eigenvalue weighted by molar-refractivity contribution is 0.296. The fourth-order valence-corrected chi connectivity index (χ4v) is 2.37. The molecule has 2 rings (SSSR count). The summed E-state index contributed by atoms with van der Waals surface area (Å²) in [6, 6.07) is 19.1. The van der Waals surface area contributed by atoms with E-state index < -0.39 is 0 Å². The highest BCUT2D eigenvalue weighted by Crippen LogP contribution is 2.22. The monoisotopic (exact) mass is 265 g/mol. The molecule has 0 bridgehead atoms. The first kappa shape index (κ1) is 14.5. The second-order valence-corrected chi connectivity index (χ2v) is 5.01. The van der Waals surface area contributed by atoms with E-state index in [1.165, 1.54) is 16.7 Å². The van der Waals surface area contributed by atoms with Gasteiger partial charge in [-0.25, -0.2) is 0 Å². The maximum absolute atomic E-state index is 4.24. The summed E-state index contributed by atoms with van der Waals surface area (Å²) in [5, 5.41) is 0. The number of hydrogen-bond acceptors (Lipinski definition) is 1. The third-order valence-electron chi connectivity index (χ3n) is 3.70. The van der Waals surface area contributed by atoms with E-state index in [9.17, 15) is 0 Å². The summed E-state index contributed by atoms with van der Waals surface area (Å²) in [6.07, 6.45) is 0. The third-order valence-corrected chi connectivity index (χ3v) is 3.70. The molecule has 0 radical (unpaired) electrons. The lowest BCUT2D eigenvalue weighted by Gasteiger charge is -2.18. The average Bonchev–Trinajstić information content (AvgIpc) is 2.53. The summed E-state index contributed by atoms with van der Waals surface area (Å²) in [5.41, 5.74) is 4.84. The molecule has 0 aromatic heterocycles. The summed E-state index contributed by atoms with van der Waals surface area (Å²) >= 11 is 0. The van der Waals surface area contributed by atoms with Gasteiger partial charge in [-0.05, 0) is 41.4 Å². The molecule has 0 fully saturated rings. The van der Waals surface area contributed by atoms with Gasteiger partial charge in [0.1, 0.15) is 0 Å². The highest BCUT2D eigenvalue weighted by Gasteiger charge is 2.05. The molecule has 2 aromatic carbocycles. The van der Waals surface area contributed by atoms with Crippen LogP contribution in [0.5, 0.6) is 0 Å². The van der Waals surface area contributed by atoms with E-state index in [1.807, 2.05) is 6.07 Å². The van der Waals surface area contributed by atoms with Crippen molar-refractivity contribution < 1.29 is 0 Å². The van der Waals surface area contributed by atoms with Gasteiger partial charge in [0.05, 0.1) is 0 Å². The lowest BCUT2D eigenvalue weighted by atomic mass is 9.98. The minimum Gasteiger partial charge on any atom is -0.300 e. The van der Waals surface area contributed by atoms with Gasteiger partial charge < -0.3 is 0 Å². The zero-order valence-electron chi connectivity index (χ0n) is 12.5. The number of hydrogen-bond donors (Lipinski definition) is 0. The lowest BCUT2D eigenvalue weighted by Crippen LogP contribution is -2.22. The Morgan fingerprint density at radius 1 is 0.900 bits per heavy atom. The molecule has 0 saturated heterocycles. The van der Waals surface area contributed by atoms with Crippen molar-refractivity contribution in [1.82, 2.24) is 4.90 Å². The van der Waals surface area contributed by atoms with Gasteiger partial charge in [0.2, 0.25) is 0 Å². The molecule has 1 nitrogen and oxygen atoms in total. The van der Waals surface area contributed by atoms with Crippen molar-refractivity contribution >= 4 is 5.57 Å². The van der Waals surface area contributed by atoms with Crippen LogP contribution in [-0.4, -0.2) is 18.0 Å². The minimum atomic E-state index is 1.00. The Morgan fingerprint density at radius 2 is 1.55 bits per heavy atom. The van der Waals surface area contributed by atoms with E-state index in [2.05, 4.69) is 73.9 Å². The second-order valence-electron chi connectivity index (χ2n) is 5.01. The Hall–Kier alpha value is -1.86. The molecule has 0 aliphatic carbocycles. The van der Waals surface area contributed by atoms with Crippen molar-refractivity contribution in [2.45, 2.75) is 20.4 Å². The molecule has 20 heavy (non-hydrogen) atoms. The molecular weight excluding hydrogens is 242 g/mol. The molecule has 0 unspecified atom stereocenters. The van der Waals surface area contributed by atoms with Crippen LogP contribution in [0.1, 0.15) is 30.5 Å². The standard InChI is InChI=1S/C19H23N/c1-4-20(5-2)15-17-10-9-13-19(14-17)16(3)18-11-7-6-8-12-18/h6-14H,3-5,15H2,1-2H3. The highest BCUT2D eigenvalue weighted by molar-refractivity contribution is 5.78. The molecular formula is C19H23N. The number of rotatable bonds is 6. The van der Waals surface area contributed by atoms with Crippen LogP contribution in [0.4, 0.5) is 0 Å². The summed E-state index contributed by atoms with van der Waals surface area (Å²) in [4.78, 5) is 2.42. The second kappa shape index (κ2) is 7.06. The van der Waals surface area contributed by atoms with E-state index in [0.717, 1.165) is 25.2 Å². The van der Waals surface area contributed by atoms with Gasteiger partial charge in [0.15, 0.2) is 0 Å². The van der Waals surface area contributed by atoms with Gasteiger partial charge in [-0.1, -0.05) is 69.0 Å². The van der Waals surface area contributed by atoms with Crippen molar-refractivity contribution in [1.29, 1.82) is 0 Å². The van der Waals surface area contributed by atoms with Crippen molar-refractivity contribution in [3.05, 3.63) is 77.9 Å². The van der Waals surface area contributed by atoms with Crippen LogP contribution >= 0.6 is 0 Å². The predicted molar refractivity (Wildman–Crippen MR) is 87.6 cm³/mol. The van der Waals surface area contributed by atoms with Crippen molar-refractivity contribution in [3.8, 4) is 0 Å². The molecule has 0 aliphatic heterocycles. The number of benzene rings is 2. The average molecular weight is 265 g/mol. The fraction of sp³-hybridized carbons (Fsp3) is 0.263. The van der Waals surface area contributed by atoms with Gasteiger partial charge in [0, 0.05) is 6.54 Å². The molecule has 0 aliphatic rings.